The molecule has 1 aliphatic heterocycles. The third-order valence-corrected chi connectivity index (χ3v) is 5.15. The van der Waals surface area contributed by atoms with Crippen molar-refractivity contribution in [2.45, 2.75) is 25.0 Å². The molecule has 2 N–H and O–H groups in total. The monoisotopic (exact) mass is 368 g/mol. The zero-order valence-corrected chi connectivity index (χ0v) is 16.3. The van der Waals surface area contributed by atoms with Crippen molar-refractivity contribution in [1.82, 2.24) is 15.5 Å². The predicted molar refractivity (Wildman–Crippen MR) is 106 cm³/mol. The summed E-state index contributed by atoms with van der Waals surface area (Å²) in [6, 6.07) is 3.93. The van der Waals surface area contributed by atoms with Gasteiger partial charge in [0.15, 0.2) is 5.96 Å². The van der Waals surface area contributed by atoms with Crippen molar-refractivity contribution in [3.05, 3.63) is 24.2 Å². The number of hydrogen-bond donors (Lipinski definition) is 2. The number of furan rings is 1. The van der Waals surface area contributed by atoms with Crippen molar-refractivity contribution < 1.29 is 9.15 Å². The van der Waals surface area contributed by atoms with E-state index in [1.54, 1.807) is 6.26 Å². The van der Waals surface area contributed by atoms with Crippen LogP contribution < -0.4 is 10.6 Å². The number of rotatable bonds is 10. The average Bonchev–Trinajstić information content (AvgIpc) is 3.16. The summed E-state index contributed by atoms with van der Waals surface area (Å²) in [5.41, 5.74) is 0. The van der Waals surface area contributed by atoms with Crippen LogP contribution in [0.1, 0.15) is 19.1 Å². The van der Waals surface area contributed by atoms with Gasteiger partial charge in [-0.15, -0.1) is 0 Å². The number of morpholine rings is 1. The Balaban J connectivity index is 1.68. The molecule has 1 atom stereocenters. The standard InChI is InChI=1S/C18H32N4O2S/c1-16(25-2)15-21-18(20-8-6-17-5-3-12-24-17)19-7-4-9-22-10-13-23-14-11-22/h3,5,12,16H,4,6-11,13-15H2,1-2H3,(H2,19,20,21). The Morgan fingerprint density at radius 3 is 2.84 bits per heavy atom. The van der Waals surface area contributed by atoms with Gasteiger partial charge in [-0.25, -0.2) is 0 Å². The third kappa shape index (κ3) is 8.65. The first-order valence-corrected chi connectivity index (χ1v) is 10.4. The number of aliphatic imine (C=N–C) groups is 1. The van der Waals surface area contributed by atoms with E-state index in [1.807, 2.05) is 23.9 Å². The number of thioether (sulfide) groups is 1. The molecule has 2 rings (SSSR count). The summed E-state index contributed by atoms with van der Waals surface area (Å²) in [6.45, 7) is 9.70. The van der Waals surface area contributed by atoms with Gasteiger partial charge in [-0.05, 0) is 31.4 Å². The van der Waals surface area contributed by atoms with E-state index in [9.17, 15) is 0 Å². The van der Waals surface area contributed by atoms with Crippen molar-refractivity contribution in [2.75, 3.05) is 58.7 Å². The van der Waals surface area contributed by atoms with Gasteiger partial charge < -0.3 is 19.8 Å². The fraction of sp³-hybridized carbons (Fsp3) is 0.722. The van der Waals surface area contributed by atoms with E-state index < -0.39 is 0 Å². The highest BCUT2D eigenvalue weighted by molar-refractivity contribution is 7.99. The minimum atomic E-state index is 0.525. The quantitative estimate of drug-likeness (QED) is 0.373. The van der Waals surface area contributed by atoms with Gasteiger partial charge in [0.1, 0.15) is 5.76 Å². The molecule has 1 unspecified atom stereocenters. The summed E-state index contributed by atoms with van der Waals surface area (Å²) in [6.07, 6.45) is 5.81. The highest BCUT2D eigenvalue weighted by atomic mass is 32.2. The van der Waals surface area contributed by atoms with Crippen LogP contribution in [0.25, 0.3) is 0 Å². The van der Waals surface area contributed by atoms with Crippen molar-refractivity contribution in [1.29, 1.82) is 0 Å². The molecule has 142 valence electrons. The molecule has 1 fully saturated rings. The number of hydrogen-bond acceptors (Lipinski definition) is 5. The average molecular weight is 369 g/mol. The van der Waals surface area contributed by atoms with Gasteiger partial charge in [-0.1, -0.05) is 6.92 Å². The van der Waals surface area contributed by atoms with Crippen LogP contribution in [-0.2, 0) is 11.2 Å². The van der Waals surface area contributed by atoms with Gasteiger partial charge in [0, 0.05) is 37.8 Å². The summed E-state index contributed by atoms with van der Waals surface area (Å²) in [7, 11) is 0. The maximum atomic E-state index is 5.39. The molecule has 1 saturated heterocycles. The van der Waals surface area contributed by atoms with E-state index in [4.69, 9.17) is 14.1 Å². The van der Waals surface area contributed by atoms with E-state index >= 15 is 0 Å². The van der Waals surface area contributed by atoms with E-state index in [0.29, 0.717) is 5.25 Å². The van der Waals surface area contributed by atoms with Crippen LogP contribution in [0, 0.1) is 0 Å². The molecular formula is C18H32N4O2S. The van der Waals surface area contributed by atoms with Crippen LogP contribution in [0.3, 0.4) is 0 Å². The molecule has 0 aliphatic carbocycles. The summed E-state index contributed by atoms with van der Waals surface area (Å²) >= 11 is 1.84. The Kier molecular flexibility index (Phi) is 9.84. The van der Waals surface area contributed by atoms with Crippen LogP contribution in [0.5, 0.6) is 0 Å². The molecular weight excluding hydrogens is 336 g/mol. The Bertz CT molecular complexity index is 475. The number of nitrogens with zero attached hydrogens (tertiary/aromatic N) is 2. The highest BCUT2D eigenvalue weighted by Gasteiger charge is 2.09. The largest absolute Gasteiger partial charge is 0.469 e. The van der Waals surface area contributed by atoms with Crippen LogP contribution >= 0.6 is 11.8 Å². The minimum Gasteiger partial charge on any atom is -0.469 e. The van der Waals surface area contributed by atoms with Crippen LogP contribution in [0.2, 0.25) is 0 Å². The molecule has 0 saturated carbocycles. The molecule has 1 aliphatic rings. The lowest BCUT2D eigenvalue weighted by atomic mass is 10.3. The van der Waals surface area contributed by atoms with Crippen LogP contribution in [0.4, 0.5) is 0 Å². The van der Waals surface area contributed by atoms with Gasteiger partial charge in [0.05, 0.1) is 26.0 Å². The van der Waals surface area contributed by atoms with Crippen molar-refractivity contribution in [2.24, 2.45) is 4.99 Å². The van der Waals surface area contributed by atoms with E-state index in [0.717, 1.165) is 77.0 Å². The summed E-state index contributed by atoms with van der Waals surface area (Å²) in [5.74, 6) is 1.89. The van der Waals surface area contributed by atoms with Gasteiger partial charge in [-0.2, -0.15) is 11.8 Å². The molecule has 0 bridgehead atoms. The lowest BCUT2D eigenvalue weighted by molar-refractivity contribution is 0.0376. The zero-order chi connectivity index (χ0) is 17.7. The van der Waals surface area contributed by atoms with Crippen molar-refractivity contribution >= 4 is 17.7 Å². The first-order valence-electron chi connectivity index (χ1n) is 9.15. The number of ether oxygens (including phenoxy) is 1. The van der Waals surface area contributed by atoms with Gasteiger partial charge in [0.2, 0.25) is 0 Å². The van der Waals surface area contributed by atoms with Gasteiger partial charge in [0.25, 0.3) is 0 Å². The Labute approximate surface area is 155 Å². The molecule has 0 spiro atoms. The highest BCUT2D eigenvalue weighted by Crippen LogP contribution is 2.04. The molecule has 6 nitrogen and oxygen atoms in total. The first-order chi connectivity index (χ1) is 12.3. The topological polar surface area (TPSA) is 62.0 Å². The molecule has 0 radical (unpaired) electrons. The second-order valence-corrected chi connectivity index (χ2v) is 7.50. The van der Waals surface area contributed by atoms with E-state index in [2.05, 4.69) is 28.7 Å². The second-order valence-electron chi connectivity index (χ2n) is 6.23. The van der Waals surface area contributed by atoms with Crippen molar-refractivity contribution in [3.8, 4) is 0 Å². The molecule has 1 aromatic rings. The van der Waals surface area contributed by atoms with Crippen molar-refractivity contribution in [3.63, 3.8) is 0 Å². The lowest BCUT2D eigenvalue weighted by Crippen LogP contribution is -2.41. The Morgan fingerprint density at radius 2 is 2.12 bits per heavy atom. The predicted octanol–water partition coefficient (Wildman–Crippen LogP) is 1.83. The van der Waals surface area contributed by atoms with Crippen LogP contribution in [-0.4, -0.2) is 74.8 Å². The van der Waals surface area contributed by atoms with Gasteiger partial charge in [-0.3, -0.25) is 9.89 Å². The Hall–Kier alpha value is -1.18. The minimum absolute atomic E-state index is 0.525. The smallest absolute Gasteiger partial charge is 0.191 e. The SMILES string of the molecule is CSC(C)CN=C(NCCCN1CCOCC1)NCCc1ccco1. The lowest BCUT2D eigenvalue weighted by Gasteiger charge is -2.26. The maximum Gasteiger partial charge on any atom is 0.191 e. The summed E-state index contributed by atoms with van der Waals surface area (Å²) < 4.78 is 10.8. The normalized spacial score (nSPS) is 17.4. The second kappa shape index (κ2) is 12.2. The molecule has 2 heterocycles. The first kappa shape index (κ1) is 20.1. The molecule has 7 heteroatoms. The van der Waals surface area contributed by atoms with Crippen LogP contribution in [0.15, 0.2) is 27.8 Å². The fourth-order valence-corrected chi connectivity index (χ4v) is 2.79. The third-order valence-electron chi connectivity index (χ3n) is 4.20. The Morgan fingerprint density at radius 1 is 1.32 bits per heavy atom. The molecule has 0 amide bonds. The maximum absolute atomic E-state index is 5.39. The van der Waals surface area contributed by atoms with Gasteiger partial charge >= 0.3 is 0 Å². The number of guanidine groups is 1. The van der Waals surface area contributed by atoms with E-state index in [1.165, 1.54) is 0 Å². The molecule has 0 aromatic carbocycles. The summed E-state index contributed by atoms with van der Waals surface area (Å²) in [4.78, 5) is 7.17. The zero-order valence-electron chi connectivity index (χ0n) is 15.5. The molecule has 1 aromatic heterocycles. The number of nitrogens with one attached hydrogen (secondary N) is 2. The molecule has 25 heavy (non-hydrogen) atoms. The van der Waals surface area contributed by atoms with E-state index in [-0.39, 0.29) is 0 Å². The fourth-order valence-electron chi connectivity index (χ4n) is 2.56. The summed E-state index contributed by atoms with van der Waals surface area (Å²) in [5, 5.41) is 7.40.